The van der Waals surface area contributed by atoms with Gasteiger partial charge in [-0.1, -0.05) is 0 Å². The SMILES string of the molecule is C[C@@H]1CCC=C2N(C)C=C(C(N)=O)C(=O)N21. The van der Waals surface area contributed by atoms with E-state index in [1.807, 2.05) is 20.0 Å². The molecule has 5 heteroatoms. The molecule has 0 saturated heterocycles. The second-order valence-electron chi connectivity index (χ2n) is 4.18. The van der Waals surface area contributed by atoms with Gasteiger partial charge in [-0.05, 0) is 25.8 Å². The maximum atomic E-state index is 12.0. The first-order valence-electron chi connectivity index (χ1n) is 5.30. The van der Waals surface area contributed by atoms with E-state index in [0.29, 0.717) is 0 Å². The van der Waals surface area contributed by atoms with Crippen LogP contribution in [0.25, 0.3) is 0 Å². The van der Waals surface area contributed by atoms with Crippen molar-refractivity contribution >= 4 is 11.8 Å². The highest BCUT2D eigenvalue weighted by molar-refractivity contribution is 6.18. The number of carbonyl (C=O) groups is 2. The molecule has 0 aromatic carbocycles. The van der Waals surface area contributed by atoms with E-state index in [1.54, 1.807) is 9.80 Å². The Labute approximate surface area is 94.2 Å². The molecule has 0 aliphatic carbocycles. The molecule has 2 heterocycles. The minimum atomic E-state index is -0.673. The van der Waals surface area contributed by atoms with Crippen molar-refractivity contribution in [3.05, 3.63) is 23.7 Å². The lowest BCUT2D eigenvalue weighted by atomic mass is 10.0. The topological polar surface area (TPSA) is 66.6 Å². The Morgan fingerprint density at radius 2 is 2.25 bits per heavy atom. The zero-order valence-electron chi connectivity index (χ0n) is 9.43. The van der Waals surface area contributed by atoms with Crippen molar-refractivity contribution in [3.8, 4) is 0 Å². The van der Waals surface area contributed by atoms with Crippen molar-refractivity contribution in [2.24, 2.45) is 5.73 Å². The van der Waals surface area contributed by atoms with Gasteiger partial charge >= 0.3 is 0 Å². The molecule has 2 N–H and O–H groups in total. The van der Waals surface area contributed by atoms with Crippen molar-refractivity contribution in [1.29, 1.82) is 0 Å². The first kappa shape index (κ1) is 10.7. The Kier molecular flexibility index (Phi) is 2.46. The van der Waals surface area contributed by atoms with Gasteiger partial charge in [-0.2, -0.15) is 0 Å². The molecule has 16 heavy (non-hydrogen) atoms. The summed E-state index contributed by atoms with van der Waals surface area (Å²) in [5.41, 5.74) is 5.24. The number of fused-ring (bicyclic) bond motifs is 1. The van der Waals surface area contributed by atoms with E-state index >= 15 is 0 Å². The second kappa shape index (κ2) is 3.66. The molecule has 0 bridgehead atoms. The Morgan fingerprint density at radius 1 is 1.56 bits per heavy atom. The van der Waals surface area contributed by atoms with Crippen LogP contribution in [0.15, 0.2) is 23.7 Å². The van der Waals surface area contributed by atoms with Gasteiger partial charge in [-0.15, -0.1) is 0 Å². The van der Waals surface area contributed by atoms with Gasteiger partial charge in [0, 0.05) is 19.3 Å². The summed E-state index contributed by atoms with van der Waals surface area (Å²) < 4.78 is 0. The summed E-state index contributed by atoms with van der Waals surface area (Å²) in [6, 6.07) is 0.109. The predicted octanol–water partition coefficient (Wildman–Crippen LogP) is 0.153. The van der Waals surface area contributed by atoms with Crippen molar-refractivity contribution < 1.29 is 9.59 Å². The van der Waals surface area contributed by atoms with Crippen LogP contribution >= 0.6 is 0 Å². The molecular formula is C11H15N3O2. The van der Waals surface area contributed by atoms with Gasteiger partial charge in [0.05, 0.1) is 0 Å². The third-order valence-electron chi connectivity index (χ3n) is 3.00. The minimum absolute atomic E-state index is 0.0494. The van der Waals surface area contributed by atoms with E-state index in [9.17, 15) is 9.59 Å². The molecule has 0 spiro atoms. The summed E-state index contributed by atoms with van der Waals surface area (Å²) in [4.78, 5) is 26.6. The van der Waals surface area contributed by atoms with Gasteiger partial charge in [0.15, 0.2) is 0 Å². The van der Waals surface area contributed by atoms with E-state index in [4.69, 9.17) is 5.73 Å². The zero-order valence-corrected chi connectivity index (χ0v) is 9.43. The molecule has 5 nitrogen and oxygen atoms in total. The number of carbonyl (C=O) groups excluding carboxylic acids is 2. The first-order chi connectivity index (χ1) is 7.52. The number of hydrogen-bond acceptors (Lipinski definition) is 3. The van der Waals surface area contributed by atoms with Gasteiger partial charge < -0.3 is 10.6 Å². The summed E-state index contributed by atoms with van der Waals surface area (Å²) in [6.07, 6.45) is 5.37. The third kappa shape index (κ3) is 1.48. The molecule has 2 rings (SSSR count). The third-order valence-corrected chi connectivity index (χ3v) is 3.00. The van der Waals surface area contributed by atoms with Crippen LogP contribution in [0.2, 0.25) is 0 Å². The van der Waals surface area contributed by atoms with Gasteiger partial charge in [-0.3, -0.25) is 14.5 Å². The number of nitrogens with two attached hydrogens (primary N) is 1. The van der Waals surface area contributed by atoms with Crippen molar-refractivity contribution in [2.75, 3.05) is 7.05 Å². The lowest BCUT2D eigenvalue weighted by Crippen LogP contribution is -2.49. The fourth-order valence-corrected chi connectivity index (χ4v) is 2.14. The average Bonchev–Trinajstić information content (AvgIpc) is 2.22. The second-order valence-corrected chi connectivity index (χ2v) is 4.18. The Hall–Kier alpha value is -1.78. The van der Waals surface area contributed by atoms with Crippen LogP contribution in [-0.4, -0.2) is 34.7 Å². The van der Waals surface area contributed by atoms with Crippen LogP contribution in [0.1, 0.15) is 19.8 Å². The van der Waals surface area contributed by atoms with Crippen molar-refractivity contribution in [3.63, 3.8) is 0 Å². The molecule has 0 saturated carbocycles. The normalized spacial score (nSPS) is 24.9. The number of allylic oxidation sites excluding steroid dienone is 1. The molecule has 1 atom stereocenters. The molecule has 0 aromatic heterocycles. The summed E-state index contributed by atoms with van der Waals surface area (Å²) in [5, 5.41) is 0. The summed E-state index contributed by atoms with van der Waals surface area (Å²) in [6.45, 7) is 1.97. The average molecular weight is 221 g/mol. The monoisotopic (exact) mass is 221 g/mol. The highest BCUT2D eigenvalue weighted by atomic mass is 16.2. The lowest BCUT2D eigenvalue weighted by molar-refractivity contribution is -0.131. The van der Waals surface area contributed by atoms with Gasteiger partial charge in [-0.25, -0.2) is 0 Å². The van der Waals surface area contributed by atoms with Crippen molar-refractivity contribution in [2.45, 2.75) is 25.8 Å². The highest BCUT2D eigenvalue weighted by Crippen LogP contribution is 2.28. The Morgan fingerprint density at radius 3 is 2.88 bits per heavy atom. The maximum Gasteiger partial charge on any atom is 0.266 e. The fourth-order valence-electron chi connectivity index (χ4n) is 2.14. The number of primary amides is 1. The predicted molar refractivity (Wildman–Crippen MR) is 58.7 cm³/mol. The van der Waals surface area contributed by atoms with Crippen LogP contribution in [0.3, 0.4) is 0 Å². The van der Waals surface area contributed by atoms with Crippen molar-refractivity contribution in [1.82, 2.24) is 9.80 Å². The number of nitrogens with zero attached hydrogens (tertiary/aromatic N) is 2. The quantitative estimate of drug-likeness (QED) is 0.641. The summed E-state index contributed by atoms with van der Waals surface area (Å²) in [7, 11) is 1.81. The van der Waals surface area contributed by atoms with E-state index in [-0.39, 0.29) is 17.5 Å². The molecule has 86 valence electrons. The van der Waals surface area contributed by atoms with Crippen LogP contribution in [0.5, 0.6) is 0 Å². The molecule has 2 aliphatic rings. The van der Waals surface area contributed by atoms with E-state index < -0.39 is 5.91 Å². The molecule has 0 aromatic rings. The Bertz CT molecular complexity index is 411. The van der Waals surface area contributed by atoms with E-state index in [2.05, 4.69) is 0 Å². The molecule has 0 fully saturated rings. The van der Waals surface area contributed by atoms with Gasteiger partial charge in [0.2, 0.25) is 0 Å². The Balaban J connectivity index is 2.46. The molecule has 0 radical (unpaired) electrons. The number of rotatable bonds is 1. The summed E-state index contributed by atoms with van der Waals surface area (Å²) >= 11 is 0. The number of amides is 2. The minimum Gasteiger partial charge on any atom is -0.365 e. The summed E-state index contributed by atoms with van der Waals surface area (Å²) in [5.74, 6) is -0.119. The first-order valence-corrected chi connectivity index (χ1v) is 5.30. The maximum absolute atomic E-state index is 12.0. The van der Waals surface area contributed by atoms with Gasteiger partial charge in [0.25, 0.3) is 11.8 Å². The van der Waals surface area contributed by atoms with Crippen LogP contribution in [0, 0.1) is 0 Å². The molecule has 2 aliphatic heterocycles. The lowest BCUT2D eigenvalue weighted by Gasteiger charge is -2.41. The molecule has 2 amide bonds. The van der Waals surface area contributed by atoms with Crippen LogP contribution < -0.4 is 5.73 Å². The highest BCUT2D eigenvalue weighted by Gasteiger charge is 2.35. The smallest absolute Gasteiger partial charge is 0.266 e. The largest absolute Gasteiger partial charge is 0.365 e. The number of hydrogen-bond donors (Lipinski definition) is 1. The molecular weight excluding hydrogens is 206 g/mol. The van der Waals surface area contributed by atoms with Crippen LogP contribution in [-0.2, 0) is 9.59 Å². The van der Waals surface area contributed by atoms with Gasteiger partial charge in [0.1, 0.15) is 11.4 Å². The standard InChI is InChI=1S/C11H15N3O2/c1-7-4-3-5-9-13(2)6-8(10(12)15)11(16)14(7)9/h5-7H,3-4H2,1-2H3,(H2,12,15)/t7-/m1/s1. The van der Waals surface area contributed by atoms with E-state index in [1.165, 1.54) is 6.20 Å². The molecule has 0 unspecified atom stereocenters. The van der Waals surface area contributed by atoms with Crippen LogP contribution in [0.4, 0.5) is 0 Å². The fraction of sp³-hybridized carbons (Fsp3) is 0.455. The zero-order chi connectivity index (χ0) is 11.9. The van der Waals surface area contributed by atoms with E-state index in [0.717, 1.165) is 18.7 Å².